The zero-order valence-electron chi connectivity index (χ0n) is 9.73. The van der Waals surface area contributed by atoms with E-state index in [4.69, 9.17) is 11.6 Å². The summed E-state index contributed by atoms with van der Waals surface area (Å²) in [5, 5.41) is 3.92. The van der Waals surface area contributed by atoms with Crippen molar-refractivity contribution in [3.8, 4) is 0 Å². The van der Waals surface area contributed by atoms with Crippen molar-refractivity contribution in [2.24, 2.45) is 0 Å². The predicted molar refractivity (Wildman–Crippen MR) is 74.9 cm³/mol. The highest BCUT2D eigenvalue weighted by atomic mass is 35.5. The summed E-state index contributed by atoms with van der Waals surface area (Å²) in [7, 11) is -3.54. The molecule has 0 aliphatic rings. The van der Waals surface area contributed by atoms with Gasteiger partial charge in [-0.2, -0.15) is 11.3 Å². The quantitative estimate of drug-likeness (QED) is 0.941. The highest BCUT2D eigenvalue weighted by Gasteiger charge is 2.21. The third-order valence-electron chi connectivity index (χ3n) is 2.39. The van der Waals surface area contributed by atoms with Crippen LogP contribution in [0, 0.1) is 13.8 Å². The molecule has 8 heteroatoms. The minimum atomic E-state index is -3.54. The average molecular weight is 323 g/mol. The molecule has 0 fully saturated rings. The number of thiazole rings is 1. The van der Waals surface area contributed by atoms with Crippen molar-refractivity contribution in [2.75, 3.05) is 0 Å². The molecule has 2 rings (SSSR count). The Kier molecular flexibility index (Phi) is 4.08. The molecule has 0 aliphatic carbocycles. The SMILES string of the molecule is Cc1cscc1CNS(=O)(=O)c1sc(Cl)nc1C. The van der Waals surface area contributed by atoms with E-state index in [0.717, 1.165) is 22.5 Å². The van der Waals surface area contributed by atoms with Crippen LogP contribution < -0.4 is 4.72 Å². The van der Waals surface area contributed by atoms with E-state index in [1.54, 1.807) is 18.3 Å². The standard InChI is InChI=1S/C10H11ClN2O2S3/c1-6-4-16-5-8(6)3-12-18(14,15)9-7(2)13-10(11)17-9/h4-5,12H,3H2,1-2H3. The van der Waals surface area contributed by atoms with E-state index in [1.807, 2.05) is 17.7 Å². The number of hydrogen-bond donors (Lipinski definition) is 1. The Hall–Kier alpha value is -0.470. The molecule has 0 atom stereocenters. The van der Waals surface area contributed by atoms with Gasteiger partial charge in [0.2, 0.25) is 0 Å². The van der Waals surface area contributed by atoms with Gasteiger partial charge in [-0.05, 0) is 35.7 Å². The van der Waals surface area contributed by atoms with Gasteiger partial charge < -0.3 is 0 Å². The Morgan fingerprint density at radius 2 is 2.11 bits per heavy atom. The fourth-order valence-electron chi connectivity index (χ4n) is 1.41. The van der Waals surface area contributed by atoms with Gasteiger partial charge in [0, 0.05) is 6.54 Å². The number of nitrogens with zero attached hydrogens (tertiary/aromatic N) is 1. The van der Waals surface area contributed by atoms with Gasteiger partial charge in [0.25, 0.3) is 10.0 Å². The molecule has 0 saturated heterocycles. The number of thiophene rings is 1. The normalized spacial score (nSPS) is 11.9. The number of hydrogen-bond acceptors (Lipinski definition) is 5. The van der Waals surface area contributed by atoms with Gasteiger partial charge in [0.15, 0.2) is 8.68 Å². The first-order valence-electron chi connectivity index (χ1n) is 5.04. The van der Waals surface area contributed by atoms with E-state index in [9.17, 15) is 8.42 Å². The highest BCUT2D eigenvalue weighted by Crippen LogP contribution is 2.26. The topological polar surface area (TPSA) is 59.1 Å². The van der Waals surface area contributed by atoms with Crippen LogP contribution in [0.5, 0.6) is 0 Å². The molecular weight excluding hydrogens is 312 g/mol. The Labute approximate surface area is 119 Å². The molecule has 0 saturated carbocycles. The van der Waals surface area contributed by atoms with Gasteiger partial charge >= 0.3 is 0 Å². The molecule has 0 unspecified atom stereocenters. The van der Waals surface area contributed by atoms with Crippen LogP contribution in [0.15, 0.2) is 15.0 Å². The van der Waals surface area contributed by atoms with Crippen molar-refractivity contribution >= 4 is 44.3 Å². The second-order valence-corrected chi connectivity index (χ2v) is 8.03. The molecule has 18 heavy (non-hydrogen) atoms. The van der Waals surface area contributed by atoms with Crippen LogP contribution >= 0.6 is 34.3 Å². The van der Waals surface area contributed by atoms with E-state index in [-0.39, 0.29) is 15.2 Å². The van der Waals surface area contributed by atoms with Crippen LogP contribution in [0.3, 0.4) is 0 Å². The smallest absolute Gasteiger partial charge is 0.229 e. The van der Waals surface area contributed by atoms with E-state index in [2.05, 4.69) is 9.71 Å². The van der Waals surface area contributed by atoms with Crippen LogP contribution in [0.25, 0.3) is 0 Å². The van der Waals surface area contributed by atoms with Gasteiger partial charge in [0.1, 0.15) is 0 Å². The molecule has 0 bridgehead atoms. The average Bonchev–Trinajstić information content (AvgIpc) is 2.82. The summed E-state index contributed by atoms with van der Waals surface area (Å²) in [6, 6.07) is 0. The zero-order valence-corrected chi connectivity index (χ0v) is 12.9. The van der Waals surface area contributed by atoms with Gasteiger partial charge in [-0.3, -0.25) is 0 Å². The summed E-state index contributed by atoms with van der Waals surface area (Å²) in [5.41, 5.74) is 2.50. The fraction of sp³-hybridized carbons (Fsp3) is 0.300. The molecule has 0 spiro atoms. The van der Waals surface area contributed by atoms with Gasteiger partial charge in [-0.25, -0.2) is 18.1 Å². The lowest BCUT2D eigenvalue weighted by Crippen LogP contribution is -2.23. The maximum Gasteiger partial charge on any atom is 0.252 e. The molecule has 2 heterocycles. The highest BCUT2D eigenvalue weighted by molar-refractivity contribution is 7.91. The third kappa shape index (κ3) is 2.92. The van der Waals surface area contributed by atoms with E-state index >= 15 is 0 Å². The molecule has 0 aliphatic heterocycles. The maximum atomic E-state index is 12.1. The second kappa shape index (κ2) is 5.26. The van der Waals surface area contributed by atoms with E-state index in [1.165, 1.54) is 0 Å². The number of sulfonamides is 1. The van der Waals surface area contributed by atoms with Crippen molar-refractivity contribution in [3.05, 3.63) is 32.0 Å². The number of rotatable bonds is 4. The summed E-state index contributed by atoms with van der Waals surface area (Å²) in [6.07, 6.45) is 0. The molecule has 98 valence electrons. The van der Waals surface area contributed by atoms with E-state index < -0.39 is 10.0 Å². The first-order chi connectivity index (χ1) is 8.40. The Balaban J connectivity index is 2.18. The van der Waals surface area contributed by atoms with Crippen LogP contribution in [0.4, 0.5) is 0 Å². The summed E-state index contributed by atoms with van der Waals surface area (Å²) in [4.78, 5) is 3.91. The number of halogens is 1. The molecule has 1 N–H and O–H groups in total. The minimum absolute atomic E-state index is 0.181. The lowest BCUT2D eigenvalue weighted by molar-refractivity contribution is 0.582. The van der Waals surface area contributed by atoms with Crippen molar-refractivity contribution in [1.82, 2.24) is 9.71 Å². The van der Waals surface area contributed by atoms with Crippen molar-refractivity contribution in [3.63, 3.8) is 0 Å². The minimum Gasteiger partial charge on any atom is -0.229 e. The lowest BCUT2D eigenvalue weighted by Gasteiger charge is -2.04. The van der Waals surface area contributed by atoms with Gasteiger partial charge in [-0.15, -0.1) is 0 Å². The molecule has 2 aromatic rings. The maximum absolute atomic E-state index is 12.1. The van der Waals surface area contributed by atoms with Crippen molar-refractivity contribution < 1.29 is 8.42 Å². The zero-order chi connectivity index (χ0) is 13.3. The predicted octanol–water partition coefficient (Wildman–Crippen LogP) is 2.95. The largest absolute Gasteiger partial charge is 0.252 e. The molecule has 0 amide bonds. The monoisotopic (exact) mass is 322 g/mol. The molecule has 0 aromatic carbocycles. The molecule has 0 radical (unpaired) electrons. The first kappa shape index (κ1) is 14.0. The summed E-state index contributed by atoms with van der Waals surface area (Å²) >= 11 is 8.24. The number of aromatic nitrogens is 1. The summed E-state index contributed by atoms with van der Waals surface area (Å²) in [5.74, 6) is 0. The molecular formula is C10H11ClN2O2S3. The number of nitrogens with one attached hydrogen (secondary N) is 1. The van der Waals surface area contributed by atoms with Crippen molar-refractivity contribution in [1.29, 1.82) is 0 Å². The van der Waals surface area contributed by atoms with Gasteiger partial charge in [-0.1, -0.05) is 22.9 Å². The number of aryl methyl sites for hydroxylation is 2. The van der Waals surface area contributed by atoms with E-state index in [0.29, 0.717) is 5.69 Å². The van der Waals surface area contributed by atoms with Gasteiger partial charge in [0.05, 0.1) is 5.69 Å². The lowest BCUT2D eigenvalue weighted by atomic mass is 10.2. The van der Waals surface area contributed by atoms with Crippen LogP contribution in [0.1, 0.15) is 16.8 Å². The Morgan fingerprint density at radius 1 is 1.39 bits per heavy atom. The van der Waals surface area contributed by atoms with Crippen molar-refractivity contribution in [2.45, 2.75) is 24.6 Å². The fourth-order valence-corrected chi connectivity index (χ4v) is 5.05. The molecule has 4 nitrogen and oxygen atoms in total. The Morgan fingerprint density at radius 3 is 2.61 bits per heavy atom. The van der Waals surface area contributed by atoms with Crippen LogP contribution in [-0.4, -0.2) is 13.4 Å². The Bertz CT molecular complexity index is 660. The van der Waals surface area contributed by atoms with Crippen LogP contribution in [-0.2, 0) is 16.6 Å². The second-order valence-electron chi connectivity index (χ2n) is 3.74. The summed E-state index contributed by atoms with van der Waals surface area (Å²) in [6.45, 7) is 3.87. The molecule has 2 aromatic heterocycles. The third-order valence-corrected chi connectivity index (χ3v) is 6.57. The first-order valence-corrected chi connectivity index (χ1v) is 8.66. The van der Waals surface area contributed by atoms with Crippen LogP contribution in [0.2, 0.25) is 4.47 Å². The summed E-state index contributed by atoms with van der Waals surface area (Å²) < 4.78 is 27.1.